The highest BCUT2D eigenvalue weighted by molar-refractivity contribution is 5.76. The predicted octanol–water partition coefficient (Wildman–Crippen LogP) is 2.86. The van der Waals surface area contributed by atoms with E-state index >= 15 is 0 Å². The van der Waals surface area contributed by atoms with Crippen LogP contribution in [0.15, 0.2) is 46.9 Å². The number of likely N-dealkylation sites (tertiary alicyclic amines) is 1. The number of nitrogens with zero attached hydrogens (tertiary/aromatic N) is 1. The molecule has 116 valence electrons. The summed E-state index contributed by atoms with van der Waals surface area (Å²) < 4.78 is 5.81. The van der Waals surface area contributed by atoms with Crippen molar-refractivity contribution in [2.24, 2.45) is 0 Å². The van der Waals surface area contributed by atoms with Crippen LogP contribution in [0.2, 0.25) is 0 Å². The molecule has 1 atom stereocenters. The molecule has 4 nitrogen and oxygen atoms in total. The third kappa shape index (κ3) is 3.57. The van der Waals surface area contributed by atoms with E-state index < -0.39 is 0 Å². The minimum absolute atomic E-state index is 0.0939. The Morgan fingerprint density at radius 3 is 2.82 bits per heavy atom. The molecule has 1 unspecified atom stereocenters. The number of carbonyl (C=O) groups excluding carboxylic acids is 1. The second kappa shape index (κ2) is 6.79. The number of aliphatic hydroxyl groups is 1. The molecular formula is C18H21NO3. The Labute approximate surface area is 130 Å². The fourth-order valence-electron chi connectivity index (χ4n) is 2.84. The molecule has 0 saturated carbocycles. The average molecular weight is 299 g/mol. The van der Waals surface area contributed by atoms with Gasteiger partial charge in [0.1, 0.15) is 11.5 Å². The Bertz CT molecular complexity index is 620. The summed E-state index contributed by atoms with van der Waals surface area (Å²) in [7, 11) is 0. The number of β-amino-alcohol motifs (C(OH)–C–C–N with tert-alkyl or cyclic N) is 1. The van der Waals surface area contributed by atoms with E-state index in [1.54, 1.807) is 4.90 Å². The Morgan fingerprint density at radius 1 is 1.23 bits per heavy atom. The summed E-state index contributed by atoms with van der Waals surface area (Å²) in [4.78, 5) is 13.9. The molecule has 2 aromatic rings. The molecule has 0 spiro atoms. The van der Waals surface area contributed by atoms with E-state index in [4.69, 9.17) is 4.42 Å². The maximum atomic E-state index is 12.2. The van der Waals surface area contributed by atoms with E-state index in [-0.39, 0.29) is 12.0 Å². The lowest BCUT2D eigenvalue weighted by Crippen LogP contribution is -2.42. The molecule has 4 heteroatoms. The van der Waals surface area contributed by atoms with E-state index in [1.165, 1.54) is 0 Å². The Kier molecular flexibility index (Phi) is 4.59. The Hall–Kier alpha value is -2.07. The predicted molar refractivity (Wildman–Crippen MR) is 84.3 cm³/mol. The Balaban J connectivity index is 1.56. The summed E-state index contributed by atoms with van der Waals surface area (Å²) in [6, 6.07) is 13.8. The van der Waals surface area contributed by atoms with Gasteiger partial charge >= 0.3 is 0 Å². The molecule has 1 aliphatic rings. The lowest BCUT2D eigenvalue weighted by Gasteiger charge is -2.30. The van der Waals surface area contributed by atoms with E-state index in [0.29, 0.717) is 19.4 Å². The standard InChI is InChI=1S/C18H21NO3/c20-15-7-4-12-19(13-15)18(21)11-9-16-8-10-17(22-16)14-5-2-1-3-6-14/h1-3,5-6,8,10,15,20H,4,7,9,11-13H2. The minimum atomic E-state index is -0.369. The molecule has 1 amide bonds. The van der Waals surface area contributed by atoms with Gasteiger partial charge in [0.05, 0.1) is 6.10 Å². The summed E-state index contributed by atoms with van der Waals surface area (Å²) in [5, 5.41) is 9.63. The van der Waals surface area contributed by atoms with Crippen molar-refractivity contribution in [3.8, 4) is 11.3 Å². The number of furan rings is 1. The number of aryl methyl sites for hydroxylation is 1. The van der Waals surface area contributed by atoms with Gasteiger partial charge in [-0.15, -0.1) is 0 Å². The first-order valence-electron chi connectivity index (χ1n) is 7.82. The maximum absolute atomic E-state index is 12.2. The summed E-state index contributed by atoms with van der Waals surface area (Å²) in [6.45, 7) is 1.22. The third-order valence-corrected chi connectivity index (χ3v) is 4.05. The number of hydrogen-bond acceptors (Lipinski definition) is 3. The van der Waals surface area contributed by atoms with Gasteiger partial charge in [-0.25, -0.2) is 0 Å². The average Bonchev–Trinajstić information content (AvgIpc) is 3.02. The quantitative estimate of drug-likeness (QED) is 0.944. The zero-order valence-electron chi connectivity index (χ0n) is 12.6. The molecule has 1 fully saturated rings. The number of hydrogen-bond donors (Lipinski definition) is 1. The van der Waals surface area contributed by atoms with Crippen LogP contribution < -0.4 is 0 Å². The van der Waals surface area contributed by atoms with Crippen LogP contribution in [-0.4, -0.2) is 35.1 Å². The van der Waals surface area contributed by atoms with Crippen LogP contribution in [0.25, 0.3) is 11.3 Å². The molecule has 1 aliphatic heterocycles. The number of amides is 1. The Morgan fingerprint density at radius 2 is 2.05 bits per heavy atom. The first kappa shape index (κ1) is 14.9. The van der Waals surface area contributed by atoms with Gasteiger partial charge < -0.3 is 14.4 Å². The van der Waals surface area contributed by atoms with Crippen molar-refractivity contribution in [2.45, 2.75) is 31.8 Å². The molecule has 0 bridgehead atoms. The van der Waals surface area contributed by atoms with Gasteiger partial charge in [0.15, 0.2) is 0 Å². The van der Waals surface area contributed by atoms with Crippen molar-refractivity contribution >= 4 is 5.91 Å². The zero-order chi connectivity index (χ0) is 15.4. The highest BCUT2D eigenvalue weighted by atomic mass is 16.3. The molecule has 1 aromatic heterocycles. The monoisotopic (exact) mass is 299 g/mol. The van der Waals surface area contributed by atoms with Crippen molar-refractivity contribution in [1.82, 2.24) is 4.90 Å². The van der Waals surface area contributed by atoms with Gasteiger partial charge in [0.2, 0.25) is 5.91 Å². The summed E-state index contributed by atoms with van der Waals surface area (Å²) in [5.41, 5.74) is 1.04. The van der Waals surface area contributed by atoms with E-state index in [9.17, 15) is 9.90 Å². The first-order valence-corrected chi connectivity index (χ1v) is 7.82. The van der Waals surface area contributed by atoms with Crippen LogP contribution >= 0.6 is 0 Å². The van der Waals surface area contributed by atoms with Crippen LogP contribution in [0.3, 0.4) is 0 Å². The SMILES string of the molecule is O=C(CCc1ccc(-c2ccccc2)o1)N1CCCC(O)C1. The number of aliphatic hydroxyl groups excluding tert-OH is 1. The van der Waals surface area contributed by atoms with Gasteiger partial charge in [-0.3, -0.25) is 4.79 Å². The van der Waals surface area contributed by atoms with Crippen molar-refractivity contribution in [3.05, 3.63) is 48.2 Å². The van der Waals surface area contributed by atoms with Crippen molar-refractivity contribution in [2.75, 3.05) is 13.1 Å². The number of carbonyl (C=O) groups is 1. The summed E-state index contributed by atoms with van der Waals surface area (Å²) in [5.74, 6) is 1.75. The second-order valence-electron chi connectivity index (χ2n) is 5.77. The highest BCUT2D eigenvalue weighted by Crippen LogP contribution is 2.22. The fraction of sp³-hybridized carbons (Fsp3) is 0.389. The molecule has 1 N–H and O–H groups in total. The third-order valence-electron chi connectivity index (χ3n) is 4.05. The van der Waals surface area contributed by atoms with Crippen LogP contribution in [0, 0.1) is 0 Å². The van der Waals surface area contributed by atoms with E-state index in [0.717, 1.165) is 36.5 Å². The molecule has 0 radical (unpaired) electrons. The van der Waals surface area contributed by atoms with Gasteiger partial charge in [-0.05, 0) is 25.0 Å². The zero-order valence-corrected chi connectivity index (χ0v) is 12.6. The number of piperidine rings is 1. The highest BCUT2D eigenvalue weighted by Gasteiger charge is 2.21. The lowest BCUT2D eigenvalue weighted by atomic mass is 10.1. The van der Waals surface area contributed by atoms with Crippen LogP contribution in [0.4, 0.5) is 0 Å². The van der Waals surface area contributed by atoms with Crippen LogP contribution in [0.1, 0.15) is 25.0 Å². The topological polar surface area (TPSA) is 53.7 Å². The number of benzene rings is 1. The summed E-state index contributed by atoms with van der Waals surface area (Å²) in [6.07, 6.45) is 2.33. The maximum Gasteiger partial charge on any atom is 0.223 e. The van der Waals surface area contributed by atoms with Gasteiger partial charge in [0, 0.05) is 31.5 Å². The van der Waals surface area contributed by atoms with Gasteiger partial charge in [-0.2, -0.15) is 0 Å². The molecule has 1 aromatic carbocycles. The molecule has 1 saturated heterocycles. The van der Waals surface area contributed by atoms with Gasteiger partial charge in [-0.1, -0.05) is 30.3 Å². The second-order valence-corrected chi connectivity index (χ2v) is 5.77. The van der Waals surface area contributed by atoms with E-state index in [1.807, 2.05) is 42.5 Å². The molecule has 0 aliphatic carbocycles. The molecule has 3 rings (SSSR count). The fourth-order valence-corrected chi connectivity index (χ4v) is 2.84. The number of rotatable bonds is 4. The molecule has 2 heterocycles. The molecule has 22 heavy (non-hydrogen) atoms. The van der Waals surface area contributed by atoms with Crippen LogP contribution in [-0.2, 0) is 11.2 Å². The normalized spacial score (nSPS) is 18.4. The first-order chi connectivity index (χ1) is 10.7. The largest absolute Gasteiger partial charge is 0.461 e. The van der Waals surface area contributed by atoms with E-state index in [2.05, 4.69) is 0 Å². The van der Waals surface area contributed by atoms with Crippen molar-refractivity contribution in [1.29, 1.82) is 0 Å². The van der Waals surface area contributed by atoms with Gasteiger partial charge in [0.25, 0.3) is 0 Å². The smallest absolute Gasteiger partial charge is 0.223 e. The summed E-state index contributed by atoms with van der Waals surface area (Å²) >= 11 is 0. The van der Waals surface area contributed by atoms with Crippen molar-refractivity contribution in [3.63, 3.8) is 0 Å². The van der Waals surface area contributed by atoms with Crippen LogP contribution in [0.5, 0.6) is 0 Å². The van der Waals surface area contributed by atoms with Crippen molar-refractivity contribution < 1.29 is 14.3 Å². The minimum Gasteiger partial charge on any atom is -0.461 e. The molecular weight excluding hydrogens is 278 g/mol. The lowest BCUT2D eigenvalue weighted by molar-refractivity contribution is -0.134.